The lowest BCUT2D eigenvalue weighted by Gasteiger charge is -2.51. The van der Waals surface area contributed by atoms with E-state index in [0.29, 0.717) is 0 Å². The molecule has 0 fully saturated rings. The number of thiocarbonyl (C=S) groups is 2. The summed E-state index contributed by atoms with van der Waals surface area (Å²) < 4.78 is 1.85. The highest BCUT2D eigenvalue weighted by atomic mass is 33.1. The first-order chi connectivity index (χ1) is 12.5. The third-order valence-corrected chi connectivity index (χ3v) is 9.86. The van der Waals surface area contributed by atoms with Gasteiger partial charge in [-0.2, -0.15) is 0 Å². The molecular weight excluding hydrogens is 421 g/mol. The lowest BCUT2D eigenvalue weighted by atomic mass is 9.90. The van der Waals surface area contributed by atoms with E-state index in [9.17, 15) is 0 Å². The van der Waals surface area contributed by atoms with Crippen LogP contribution in [0.1, 0.15) is 109 Å². The summed E-state index contributed by atoms with van der Waals surface area (Å²) in [4.78, 5) is 4.85. The second kappa shape index (κ2) is 10.7. The Morgan fingerprint density at radius 2 is 0.714 bits per heavy atom. The van der Waals surface area contributed by atoms with Gasteiger partial charge in [0, 0.05) is 22.2 Å². The molecule has 0 rings (SSSR count). The molecule has 0 aromatic rings. The van der Waals surface area contributed by atoms with Crippen LogP contribution in [0.2, 0.25) is 0 Å². The standard InChI is InChI=1S/C22H44N2S4/c1-13-19(5,6)23(20(7,8)14-2)17(25)27-28-18(26)24(21(9,10)15-3)22(11,12)16-4/h13-16H2,1-12H3. The van der Waals surface area contributed by atoms with Crippen LogP contribution in [0.3, 0.4) is 0 Å². The molecule has 28 heavy (non-hydrogen) atoms. The summed E-state index contributed by atoms with van der Waals surface area (Å²) in [7, 11) is 3.30. The molecule has 2 nitrogen and oxygen atoms in total. The van der Waals surface area contributed by atoms with E-state index in [-0.39, 0.29) is 22.2 Å². The van der Waals surface area contributed by atoms with Crippen molar-refractivity contribution in [2.24, 2.45) is 0 Å². The van der Waals surface area contributed by atoms with Crippen molar-refractivity contribution < 1.29 is 0 Å². The smallest absolute Gasteiger partial charge is 0.148 e. The number of nitrogens with zero attached hydrogens (tertiary/aromatic N) is 2. The Kier molecular flexibility index (Phi) is 10.9. The topological polar surface area (TPSA) is 6.48 Å². The molecular formula is C22H44N2S4. The van der Waals surface area contributed by atoms with Gasteiger partial charge in [0.05, 0.1) is 0 Å². The highest BCUT2D eigenvalue weighted by Gasteiger charge is 2.40. The van der Waals surface area contributed by atoms with Crippen LogP contribution in [0.4, 0.5) is 0 Å². The fraction of sp³-hybridized carbons (Fsp3) is 0.909. The van der Waals surface area contributed by atoms with Gasteiger partial charge in [0.25, 0.3) is 0 Å². The van der Waals surface area contributed by atoms with E-state index in [0.717, 1.165) is 34.3 Å². The summed E-state index contributed by atoms with van der Waals surface area (Å²) in [5.74, 6) is 0. The summed E-state index contributed by atoms with van der Waals surface area (Å²) in [5.41, 5.74) is 0.0430. The fourth-order valence-corrected chi connectivity index (χ4v) is 7.16. The van der Waals surface area contributed by atoms with Crippen LogP contribution >= 0.6 is 46.0 Å². The molecule has 0 spiro atoms. The Hall–Kier alpha value is 0.480. The lowest BCUT2D eigenvalue weighted by molar-refractivity contribution is 0.0952. The van der Waals surface area contributed by atoms with E-state index in [1.165, 1.54) is 0 Å². The second-order valence-corrected chi connectivity index (χ2v) is 13.4. The van der Waals surface area contributed by atoms with Crippen LogP contribution in [0.15, 0.2) is 0 Å². The monoisotopic (exact) mass is 464 g/mol. The highest BCUT2D eigenvalue weighted by Crippen LogP contribution is 2.41. The predicted octanol–water partition coefficient (Wildman–Crippen LogP) is 8.30. The van der Waals surface area contributed by atoms with Crippen LogP contribution in [0, 0.1) is 0 Å². The average molecular weight is 465 g/mol. The van der Waals surface area contributed by atoms with Crippen molar-refractivity contribution in [3.8, 4) is 0 Å². The van der Waals surface area contributed by atoms with Crippen molar-refractivity contribution >= 4 is 54.7 Å². The van der Waals surface area contributed by atoms with Crippen molar-refractivity contribution in [2.75, 3.05) is 0 Å². The molecule has 0 radical (unpaired) electrons. The lowest BCUT2D eigenvalue weighted by Crippen LogP contribution is -2.57. The Morgan fingerprint density at radius 1 is 0.536 bits per heavy atom. The Morgan fingerprint density at radius 3 is 0.857 bits per heavy atom. The molecule has 0 saturated carbocycles. The predicted molar refractivity (Wildman–Crippen MR) is 142 cm³/mol. The van der Waals surface area contributed by atoms with Gasteiger partial charge in [-0.15, -0.1) is 0 Å². The fourth-order valence-electron chi connectivity index (χ4n) is 3.41. The zero-order valence-electron chi connectivity index (χ0n) is 20.4. The van der Waals surface area contributed by atoms with E-state index in [4.69, 9.17) is 24.4 Å². The highest BCUT2D eigenvalue weighted by molar-refractivity contribution is 8.89. The van der Waals surface area contributed by atoms with Crippen LogP contribution in [0.5, 0.6) is 0 Å². The van der Waals surface area contributed by atoms with Crippen molar-refractivity contribution in [1.82, 2.24) is 9.80 Å². The quantitative estimate of drug-likeness (QED) is 0.261. The summed E-state index contributed by atoms with van der Waals surface area (Å²) >= 11 is 11.9. The van der Waals surface area contributed by atoms with Gasteiger partial charge in [-0.3, -0.25) is 0 Å². The van der Waals surface area contributed by atoms with Gasteiger partial charge in [-0.25, -0.2) is 0 Å². The second-order valence-electron chi connectivity index (χ2n) is 10.0. The van der Waals surface area contributed by atoms with E-state index < -0.39 is 0 Å². The largest absolute Gasteiger partial charge is 0.347 e. The SMILES string of the molecule is CCC(C)(C)N(C(=S)SSC(=S)N(C(C)(C)CC)C(C)(C)CC)C(C)(C)CC. The third-order valence-electron chi connectivity index (χ3n) is 6.43. The zero-order valence-corrected chi connectivity index (χ0v) is 23.6. The number of rotatable bonds is 8. The van der Waals surface area contributed by atoms with Gasteiger partial charge in [0.15, 0.2) is 0 Å². The van der Waals surface area contributed by atoms with Gasteiger partial charge < -0.3 is 9.80 Å². The van der Waals surface area contributed by atoms with Crippen LogP contribution in [-0.4, -0.2) is 40.6 Å². The molecule has 0 amide bonds. The first kappa shape index (κ1) is 28.5. The van der Waals surface area contributed by atoms with Gasteiger partial charge in [-0.1, -0.05) is 52.1 Å². The minimum Gasteiger partial charge on any atom is -0.347 e. The molecule has 0 atom stereocenters. The maximum Gasteiger partial charge on any atom is 0.148 e. The zero-order chi connectivity index (χ0) is 22.6. The summed E-state index contributed by atoms with van der Waals surface area (Å²) in [6, 6.07) is 0. The van der Waals surface area contributed by atoms with Gasteiger partial charge >= 0.3 is 0 Å². The normalized spacial score (nSPS) is 13.4. The Labute approximate surface area is 194 Å². The van der Waals surface area contributed by atoms with Crippen molar-refractivity contribution in [2.45, 2.75) is 131 Å². The van der Waals surface area contributed by atoms with E-state index in [1.807, 2.05) is 0 Å². The number of hydrogen-bond donors (Lipinski definition) is 0. The van der Waals surface area contributed by atoms with Crippen LogP contribution in [0.25, 0.3) is 0 Å². The first-order valence-electron chi connectivity index (χ1n) is 10.6. The molecule has 0 unspecified atom stereocenters. The maximum absolute atomic E-state index is 5.94. The number of hydrogen-bond acceptors (Lipinski definition) is 4. The first-order valence-corrected chi connectivity index (χ1v) is 13.5. The Balaban J connectivity index is 5.62. The van der Waals surface area contributed by atoms with Crippen LogP contribution in [-0.2, 0) is 0 Å². The van der Waals surface area contributed by atoms with Crippen molar-refractivity contribution in [3.63, 3.8) is 0 Å². The Bertz CT molecular complexity index is 459. The maximum atomic E-state index is 5.94. The minimum absolute atomic E-state index is 0.0108. The molecule has 0 saturated heterocycles. The van der Waals surface area contributed by atoms with Crippen LogP contribution < -0.4 is 0 Å². The molecule has 0 aromatic heterocycles. The van der Waals surface area contributed by atoms with E-state index >= 15 is 0 Å². The molecule has 6 heteroatoms. The molecule has 0 bridgehead atoms. The van der Waals surface area contributed by atoms with Crippen molar-refractivity contribution in [3.05, 3.63) is 0 Å². The molecule has 0 aliphatic heterocycles. The van der Waals surface area contributed by atoms with E-state index in [1.54, 1.807) is 21.6 Å². The summed E-state index contributed by atoms with van der Waals surface area (Å²) in [6.07, 6.45) is 4.18. The molecule has 0 heterocycles. The molecule has 166 valence electrons. The average Bonchev–Trinajstić information content (AvgIpc) is 2.59. The molecule has 0 aromatic carbocycles. The van der Waals surface area contributed by atoms with Gasteiger partial charge in [0.2, 0.25) is 0 Å². The summed E-state index contributed by atoms with van der Waals surface area (Å²) in [6.45, 7) is 27.2. The molecule has 0 aliphatic carbocycles. The van der Waals surface area contributed by atoms with E-state index in [2.05, 4.69) is 92.9 Å². The minimum atomic E-state index is 0.0108. The third kappa shape index (κ3) is 7.02. The van der Waals surface area contributed by atoms with Gasteiger partial charge in [0.1, 0.15) is 8.64 Å². The van der Waals surface area contributed by atoms with Gasteiger partial charge in [-0.05, 0) is 103 Å². The molecule has 0 aliphatic rings. The van der Waals surface area contributed by atoms with Crippen molar-refractivity contribution in [1.29, 1.82) is 0 Å². The summed E-state index contributed by atoms with van der Waals surface area (Å²) in [5, 5.41) is 0. The molecule has 0 N–H and O–H groups in total.